The molecule has 1 aromatic heterocycles. The second kappa shape index (κ2) is 7.23. The van der Waals surface area contributed by atoms with E-state index in [-0.39, 0.29) is 0 Å². The first-order valence-electron chi connectivity index (χ1n) is 6.08. The standard InChI is InChI=1S/C12H21N5S/c1-9(2)17(3)8-4-6-14-12-10(11(13)18)5-7-15-16-12/h5,7,9H,4,6,8H2,1-3H3,(H2,13,18)(H,14,16). The topological polar surface area (TPSA) is 67.1 Å². The summed E-state index contributed by atoms with van der Waals surface area (Å²) < 4.78 is 0. The summed E-state index contributed by atoms with van der Waals surface area (Å²) in [6, 6.07) is 2.34. The van der Waals surface area contributed by atoms with Crippen LogP contribution >= 0.6 is 12.2 Å². The van der Waals surface area contributed by atoms with E-state index in [1.54, 1.807) is 12.3 Å². The lowest BCUT2D eigenvalue weighted by Crippen LogP contribution is -2.28. The number of hydrogen-bond acceptors (Lipinski definition) is 5. The lowest BCUT2D eigenvalue weighted by Gasteiger charge is -2.20. The minimum atomic E-state index is 0.340. The highest BCUT2D eigenvalue weighted by molar-refractivity contribution is 7.80. The summed E-state index contributed by atoms with van der Waals surface area (Å²) in [5.74, 6) is 0.664. The van der Waals surface area contributed by atoms with Crippen molar-refractivity contribution in [1.29, 1.82) is 0 Å². The monoisotopic (exact) mass is 267 g/mol. The van der Waals surface area contributed by atoms with Crippen molar-refractivity contribution in [2.24, 2.45) is 5.73 Å². The summed E-state index contributed by atoms with van der Waals surface area (Å²) in [7, 11) is 2.12. The number of nitrogens with two attached hydrogens (primary N) is 1. The number of anilines is 1. The largest absolute Gasteiger partial charge is 0.389 e. The molecule has 100 valence electrons. The maximum Gasteiger partial charge on any atom is 0.158 e. The Bertz CT molecular complexity index is 394. The lowest BCUT2D eigenvalue weighted by atomic mass is 10.2. The van der Waals surface area contributed by atoms with Gasteiger partial charge in [-0.15, -0.1) is 5.10 Å². The van der Waals surface area contributed by atoms with Crippen LogP contribution in [0.15, 0.2) is 12.3 Å². The first-order chi connectivity index (χ1) is 8.52. The van der Waals surface area contributed by atoms with Gasteiger partial charge < -0.3 is 16.0 Å². The first kappa shape index (κ1) is 14.8. The van der Waals surface area contributed by atoms with Crippen molar-refractivity contribution in [2.75, 3.05) is 25.5 Å². The van der Waals surface area contributed by atoms with Gasteiger partial charge >= 0.3 is 0 Å². The molecule has 18 heavy (non-hydrogen) atoms. The Morgan fingerprint density at radius 3 is 2.89 bits per heavy atom. The minimum Gasteiger partial charge on any atom is -0.389 e. The predicted octanol–water partition coefficient (Wildman–Crippen LogP) is 1.25. The Labute approximate surface area is 114 Å². The van der Waals surface area contributed by atoms with Crippen LogP contribution in [0.3, 0.4) is 0 Å². The highest BCUT2D eigenvalue weighted by Crippen LogP contribution is 2.09. The van der Waals surface area contributed by atoms with Crippen LogP contribution in [0.1, 0.15) is 25.8 Å². The van der Waals surface area contributed by atoms with Crippen molar-refractivity contribution < 1.29 is 0 Å². The molecule has 0 radical (unpaired) electrons. The SMILES string of the molecule is CC(C)N(C)CCCNc1nnccc1C(N)=S. The van der Waals surface area contributed by atoms with Crippen molar-refractivity contribution in [2.45, 2.75) is 26.3 Å². The molecule has 0 unspecified atom stereocenters. The number of thiocarbonyl (C=S) groups is 1. The molecule has 1 heterocycles. The molecule has 1 aromatic rings. The van der Waals surface area contributed by atoms with Crippen LogP contribution in [0.4, 0.5) is 5.82 Å². The number of aromatic nitrogens is 2. The molecule has 3 N–H and O–H groups in total. The fourth-order valence-electron chi connectivity index (χ4n) is 1.45. The average molecular weight is 267 g/mol. The van der Waals surface area contributed by atoms with E-state index in [9.17, 15) is 0 Å². The molecular formula is C12H21N5S. The van der Waals surface area contributed by atoms with Crippen molar-refractivity contribution in [3.05, 3.63) is 17.8 Å². The molecule has 0 fully saturated rings. The highest BCUT2D eigenvalue weighted by Gasteiger charge is 2.06. The van der Waals surface area contributed by atoms with Gasteiger partial charge in [0, 0.05) is 12.6 Å². The summed E-state index contributed by atoms with van der Waals surface area (Å²) in [5, 5.41) is 11.1. The van der Waals surface area contributed by atoms with Gasteiger partial charge in [-0.05, 0) is 39.9 Å². The van der Waals surface area contributed by atoms with Crippen LogP contribution in [0.2, 0.25) is 0 Å². The Hall–Kier alpha value is -1.27. The number of hydrogen-bond donors (Lipinski definition) is 2. The molecule has 0 amide bonds. The minimum absolute atomic E-state index is 0.340. The van der Waals surface area contributed by atoms with Crippen LogP contribution in [-0.2, 0) is 0 Å². The predicted molar refractivity (Wildman–Crippen MR) is 78.8 cm³/mol. The fourth-order valence-corrected chi connectivity index (χ4v) is 1.62. The Morgan fingerprint density at radius 2 is 2.28 bits per heavy atom. The third kappa shape index (κ3) is 4.54. The molecule has 6 heteroatoms. The quantitative estimate of drug-likeness (QED) is 0.572. The van der Waals surface area contributed by atoms with Crippen molar-refractivity contribution >= 4 is 23.0 Å². The molecule has 0 aliphatic carbocycles. The van der Waals surface area contributed by atoms with E-state index < -0.39 is 0 Å². The highest BCUT2D eigenvalue weighted by atomic mass is 32.1. The number of rotatable bonds is 7. The first-order valence-corrected chi connectivity index (χ1v) is 6.48. The molecule has 0 saturated carbocycles. The van der Waals surface area contributed by atoms with Gasteiger partial charge in [-0.1, -0.05) is 12.2 Å². The van der Waals surface area contributed by atoms with Crippen LogP contribution < -0.4 is 11.1 Å². The smallest absolute Gasteiger partial charge is 0.158 e. The van der Waals surface area contributed by atoms with E-state index in [1.807, 2.05) is 0 Å². The molecular weight excluding hydrogens is 246 g/mol. The summed E-state index contributed by atoms with van der Waals surface area (Å²) >= 11 is 4.97. The van der Waals surface area contributed by atoms with E-state index in [2.05, 4.69) is 41.3 Å². The summed E-state index contributed by atoms with van der Waals surface area (Å²) in [4.78, 5) is 2.64. The third-order valence-corrected chi connectivity index (χ3v) is 3.07. The van der Waals surface area contributed by atoms with E-state index >= 15 is 0 Å². The van der Waals surface area contributed by atoms with Crippen LogP contribution in [-0.4, -0.2) is 46.3 Å². The van der Waals surface area contributed by atoms with Crippen LogP contribution in [0, 0.1) is 0 Å². The van der Waals surface area contributed by atoms with Gasteiger partial charge in [-0.3, -0.25) is 0 Å². The molecule has 0 aliphatic rings. The van der Waals surface area contributed by atoms with Gasteiger partial charge in [0.25, 0.3) is 0 Å². The molecule has 5 nitrogen and oxygen atoms in total. The average Bonchev–Trinajstić information content (AvgIpc) is 2.34. The van der Waals surface area contributed by atoms with Gasteiger partial charge in [0.15, 0.2) is 5.82 Å². The molecule has 0 spiro atoms. The van der Waals surface area contributed by atoms with Crippen molar-refractivity contribution in [3.63, 3.8) is 0 Å². The molecule has 0 aromatic carbocycles. The van der Waals surface area contributed by atoms with E-state index in [4.69, 9.17) is 18.0 Å². The second-order valence-electron chi connectivity index (χ2n) is 4.51. The van der Waals surface area contributed by atoms with E-state index in [0.29, 0.717) is 16.8 Å². The van der Waals surface area contributed by atoms with E-state index in [1.165, 1.54) is 0 Å². The zero-order valence-corrected chi connectivity index (χ0v) is 12.0. The number of nitrogens with one attached hydrogen (secondary N) is 1. The van der Waals surface area contributed by atoms with Gasteiger partial charge in [0.1, 0.15) is 4.99 Å². The van der Waals surface area contributed by atoms with E-state index in [0.717, 1.165) is 25.1 Å². The zero-order valence-electron chi connectivity index (χ0n) is 11.2. The van der Waals surface area contributed by atoms with Gasteiger partial charge in [0.05, 0.1) is 11.8 Å². The zero-order chi connectivity index (χ0) is 13.5. The van der Waals surface area contributed by atoms with Crippen molar-refractivity contribution in [3.8, 4) is 0 Å². The van der Waals surface area contributed by atoms with Crippen LogP contribution in [0.25, 0.3) is 0 Å². The summed E-state index contributed by atoms with van der Waals surface area (Å²) in [6.07, 6.45) is 2.62. The summed E-state index contributed by atoms with van der Waals surface area (Å²) in [6.45, 7) is 6.22. The van der Waals surface area contributed by atoms with Crippen molar-refractivity contribution in [1.82, 2.24) is 15.1 Å². The normalized spacial score (nSPS) is 10.9. The Morgan fingerprint density at radius 1 is 1.56 bits per heavy atom. The maximum absolute atomic E-state index is 5.62. The van der Waals surface area contributed by atoms with Gasteiger partial charge in [-0.25, -0.2) is 0 Å². The molecule has 0 aliphatic heterocycles. The molecule has 0 atom stereocenters. The molecule has 1 rings (SSSR count). The number of nitrogens with zero attached hydrogens (tertiary/aromatic N) is 3. The maximum atomic E-state index is 5.62. The molecule has 0 saturated heterocycles. The Kier molecular flexibility index (Phi) is 5.94. The van der Waals surface area contributed by atoms with Crippen LogP contribution in [0.5, 0.6) is 0 Å². The van der Waals surface area contributed by atoms with Gasteiger partial charge in [-0.2, -0.15) is 5.10 Å². The summed E-state index contributed by atoms with van der Waals surface area (Å²) in [5.41, 5.74) is 6.37. The molecule has 0 bridgehead atoms. The third-order valence-electron chi connectivity index (χ3n) is 2.85. The second-order valence-corrected chi connectivity index (χ2v) is 4.95. The lowest BCUT2D eigenvalue weighted by molar-refractivity contribution is 0.273. The van der Waals surface area contributed by atoms with Gasteiger partial charge in [0.2, 0.25) is 0 Å². The fraction of sp³-hybridized carbons (Fsp3) is 0.583. The Balaban J connectivity index is 2.42.